The molecule has 0 aliphatic heterocycles. The summed E-state index contributed by atoms with van der Waals surface area (Å²) in [5, 5.41) is 11.2. The van der Waals surface area contributed by atoms with Crippen molar-refractivity contribution in [2.75, 3.05) is 13.7 Å². The number of amides is 1. The van der Waals surface area contributed by atoms with Gasteiger partial charge in [0.25, 0.3) is 0 Å². The van der Waals surface area contributed by atoms with Gasteiger partial charge in [-0.3, -0.25) is 9.59 Å². The highest BCUT2D eigenvalue weighted by molar-refractivity contribution is 5.96. The molecule has 1 rings (SSSR count). The predicted octanol–water partition coefficient (Wildman–Crippen LogP) is 1.49. The number of carboxylic acid groups (broad SMARTS) is 1. The maximum atomic E-state index is 13.2. The molecule has 2 atom stereocenters. The molecule has 1 amide bonds. The highest BCUT2D eigenvalue weighted by Crippen LogP contribution is 2.17. The molecule has 0 saturated carbocycles. The Morgan fingerprint density at radius 2 is 2.00 bits per heavy atom. The molecule has 7 heteroatoms. The van der Waals surface area contributed by atoms with Crippen molar-refractivity contribution < 1.29 is 28.2 Å². The zero-order chi connectivity index (χ0) is 15.3. The summed E-state index contributed by atoms with van der Waals surface area (Å²) in [7, 11) is 1.37. The van der Waals surface area contributed by atoms with E-state index in [1.807, 2.05) is 0 Å². The number of rotatable bonds is 6. The molecule has 5 nitrogen and oxygen atoms in total. The van der Waals surface area contributed by atoms with Gasteiger partial charge in [-0.1, -0.05) is 6.07 Å². The molecule has 1 aromatic rings. The Bertz CT molecular complexity index is 507. The Labute approximate surface area is 114 Å². The Morgan fingerprint density at radius 1 is 1.35 bits per heavy atom. The van der Waals surface area contributed by atoms with Crippen LogP contribution in [0.1, 0.15) is 18.5 Å². The van der Waals surface area contributed by atoms with Crippen molar-refractivity contribution in [2.45, 2.75) is 13.0 Å². The SMILES string of the molecule is COCC(NC(=O)C(C)C(=O)O)c1ccc(F)c(F)c1. The molecule has 0 heterocycles. The van der Waals surface area contributed by atoms with E-state index < -0.39 is 35.5 Å². The fraction of sp³-hybridized carbons (Fsp3) is 0.385. The van der Waals surface area contributed by atoms with E-state index in [9.17, 15) is 18.4 Å². The van der Waals surface area contributed by atoms with Gasteiger partial charge in [0, 0.05) is 7.11 Å². The number of aliphatic carboxylic acids is 1. The fourth-order valence-electron chi connectivity index (χ4n) is 1.53. The number of hydrogen-bond acceptors (Lipinski definition) is 3. The molecule has 0 fully saturated rings. The van der Waals surface area contributed by atoms with Gasteiger partial charge in [0.1, 0.15) is 5.92 Å². The molecule has 1 aromatic carbocycles. The Hall–Kier alpha value is -2.02. The predicted molar refractivity (Wildman–Crippen MR) is 65.9 cm³/mol. The van der Waals surface area contributed by atoms with Gasteiger partial charge in [-0.05, 0) is 24.6 Å². The molecule has 20 heavy (non-hydrogen) atoms. The quantitative estimate of drug-likeness (QED) is 0.777. The van der Waals surface area contributed by atoms with Crippen LogP contribution in [-0.4, -0.2) is 30.7 Å². The van der Waals surface area contributed by atoms with Crippen LogP contribution in [0, 0.1) is 17.6 Å². The van der Waals surface area contributed by atoms with E-state index in [4.69, 9.17) is 9.84 Å². The van der Waals surface area contributed by atoms with Crippen LogP contribution in [0.15, 0.2) is 18.2 Å². The average molecular weight is 287 g/mol. The second-order valence-electron chi connectivity index (χ2n) is 4.25. The lowest BCUT2D eigenvalue weighted by atomic mass is 10.1. The first-order valence-electron chi connectivity index (χ1n) is 5.84. The van der Waals surface area contributed by atoms with E-state index in [1.54, 1.807) is 0 Å². The number of carboxylic acids is 1. The van der Waals surface area contributed by atoms with Gasteiger partial charge in [0.15, 0.2) is 11.6 Å². The van der Waals surface area contributed by atoms with Crippen molar-refractivity contribution in [1.82, 2.24) is 5.32 Å². The van der Waals surface area contributed by atoms with Crippen LogP contribution in [0.25, 0.3) is 0 Å². The van der Waals surface area contributed by atoms with Crippen LogP contribution in [0.5, 0.6) is 0 Å². The third-order valence-electron chi connectivity index (χ3n) is 2.76. The average Bonchev–Trinajstić information content (AvgIpc) is 2.40. The van der Waals surface area contributed by atoms with Gasteiger partial charge >= 0.3 is 5.97 Å². The normalized spacial score (nSPS) is 13.6. The number of hydrogen-bond donors (Lipinski definition) is 2. The van der Waals surface area contributed by atoms with Crippen LogP contribution < -0.4 is 5.32 Å². The zero-order valence-electron chi connectivity index (χ0n) is 11.0. The maximum absolute atomic E-state index is 13.2. The third kappa shape index (κ3) is 3.99. The van der Waals surface area contributed by atoms with Crippen molar-refractivity contribution >= 4 is 11.9 Å². The molecule has 0 aliphatic carbocycles. The van der Waals surface area contributed by atoms with Crippen molar-refractivity contribution in [3.8, 4) is 0 Å². The summed E-state index contributed by atoms with van der Waals surface area (Å²) in [5.74, 6) is -5.31. The Kier molecular flexibility index (Phi) is 5.57. The Balaban J connectivity index is 2.91. The summed E-state index contributed by atoms with van der Waals surface area (Å²) < 4.78 is 30.9. The lowest BCUT2D eigenvalue weighted by molar-refractivity contribution is -0.146. The van der Waals surface area contributed by atoms with Crippen LogP contribution in [0.3, 0.4) is 0 Å². The second kappa shape index (κ2) is 6.95. The molecule has 110 valence electrons. The van der Waals surface area contributed by atoms with Crippen LogP contribution in [0.4, 0.5) is 8.78 Å². The van der Waals surface area contributed by atoms with Crippen LogP contribution >= 0.6 is 0 Å². The number of methoxy groups -OCH3 is 1. The molecule has 0 spiro atoms. The molecule has 0 radical (unpaired) electrons. The summed E-state index contributed by atoms with van der Waals surface area (Å²) in [6.45, 7) is 1.23. The zero-order valence-corrected chi connectivity index (χ0v) is 11.0. The molecule has 0 aromatic heterocycles. The van der Waals surface area contributed by atoms with E-state index in [0.717, 1.165) is 12.1 Å². The van der Waals surface area contributed by atoms with Crippen molar-refractivity contribution in [3.63, 3.8) is 0 Å². The first-order valence-corrected chi connectivity index (χ1v) is 5.84. The smallest absolute Gasteiger partial charge is 0.315 e. The maximum Gasteiger partial charge on any atom is 0.315 e. The van der Waals surface area contributed by atoms with E-state index >= 15 is 0 Å². The first kappa shape index (κ1) is 16.0. The number of carbonyl (C=O) groups excluding carboxylic acids is 1. The van der Waals surface area contributed by atoms with Gasteiger partial charge < -0.3 is 15.2 Å². The van der Waals surface area contributed by atoms with Crippen LogP contribution in [0.2, 0.25) is 0 Å². The van der Waals surface area contributed by atoms with Crippen molar-refractivity contribution in [3.05, 3.63) is 35.4 Å². The standard InChI is InChI=1S/C13H15F2NO4/c1-7(13(18)19)12(17)16-11(6-20-2)8-3-4-9(14)10(15)5-8/h3-5,7,11H,6H2,1-2H3,(H,16,17)(H,18,19). The van der Waals surface area contributed by atoms with Gasteiger partial charge in [-0.25, -0.2) is 8.78 Å². The van der Waals surface area contributed by atoms with Gasteiger partial charge in [0.05, 0.1) is 12.6 Å². The molecular formula is C13H15F2NO4. The topological polar surface area (TPSA) is 75.6 Å². The summed E-state index contributed by atoms with van der Waals surface area (Å²) in [6.07, 6.45) is 0. The third-order valence-corrected chi connectivity index (χ3v) is 2.76. The number of nitrogens with one attached hydrogen (secondary N) is 1. The molecule has 0 saturated heterocycles. The number of benzene rings is 1. The number of halogens is 2. The lowest BCUT2D eigenvalue weighted by Crippen LogP contribution is -2.37. The first-order chi connectivity index (χ1) is 9.36. The van der Waals surface area contributed by atoms with Crippen molar-refractivity contribution in [2.24, 2.45) is 5.92 Å². The monoisotopic (exact) mass is 287 g/mol. The van der Waals surface area contributed by atoms with E-state index in [1.165, 1.54) is 20.1 Å². The molecule has 0 aliphatic rings. The molecule has 2 unspecified atom stereocenters. The van der Waals surface area contributed by atoms with E-state index in [0.29, 0.717) is 0 Å². The summed E-state index contributed by atoms with van der Waals surface area (Å²) in [5.41, 5.74) is 0.289. The number of carbonyl (C=O) groups is 2. The van der Waals surface area contributed by atoms with Gasteiger partial charge in [0.2, 0.25) is 5.91 Å². The van der Waals surface area contributed by atoms with Crippen molar-refractivity contribution in [1.29, 1.82) is 0 Å². The minimum absolute atomic E-state index is 0.00313. The fourth-order valence-corrected chi connectivity index (χ4v) is 1.53. The lowest BCUT2D eigenvalue weighted by Gasteiger charge is -2.19. The molecule has 0 bridgehead atoms. The largest absolute Gasteiger partial charge is 0.481 e. The minimum Gasteiger partial charge on any atom is -0.481 e. The van der Waals surface area contributed by atoms with Gasteiger partial charge in [-0.15, -0.1) is 0 Å². The highest BCUT2D eigenvalue weighted by Gasteiger charge is 2.24. The molecular weight excluding hydrogens is 272 g/mol. The summed E-state index contributed by atoms with van der Waals surface area (Å²) >= 11 is 0. The van der Waals surface area contributed by atoms with Crippen LogP contribution in [-0.2, 0) is 14.3 Å². The second-order valence-corrected chi connectivity index (χ2v) is 4.25. The van der Waals surface area contributed by atoms with E-state index in [-0.39, 0.29) is 12.2 Å². The van der Waals surface area contributed by atoms with E-state index in [2.05, 4.69) is 5.32 Å². The Morgan fingerprint density at radius 3 is 2.50 bits per heavy atom. The molecule has 2 N–H and O–H groups in total. The highest BCUT2D eigenvalue weighted by atomic mass is 19.2. The minimum atomic E-state index is -1.27. The summed E-state index contributed by atoms with van der Waals surface area (Å²) in [4.78, 5) is 22.4. The number of ether oxygens (including phenoxy) is 1. The summed E-state index contributed by atoms with van der Waals surface area (Å²) in [6, 6.07) is 2.41. The van der Waals surface area contributed by atoms with Gasteiger partial charge in [-0.2, -0.15) is 0 Å².